The minimum atomic E-state index is -0.325. The molecule has 1 aliphatic rings. The standard InChI is InChI=1S/C27H36Cl2N4O/c1-2-3-4-5-6-7-8-9-10-11-17-32-18-15-23(16-19-32)33-21-22(20-30-33)31-27(34)26-24(28)13-12-14-25(26)29/h1,12-14,20-21,23H,3-11,15-19H2,(H,31,34). The van der Waals surface area contributed by atoms with E-state index < -0.39 is 0 Å². The first-order valence-corrected chi connectivity index (χ1v) is 13.3. The van der Waals surface area contributed by atoms with Crippen molar-refractivity contribution in [3.63, 3.8) is 0 Å². The van der Waals surface area contributed by atoms with Crippen molar-refractivity contribution < 1.29 is 4.79 Å². The predicted octanol–water partition coefficient (Wildman–Crippen LogP) is 7.22. The van der Waals surface area contributed by atoms with E-state index in [0.717, 1.165) is 32.4 Å². The van der Waals surface area contributed by atoms with Crippen LogP contribution in [0.25, 0.3) is 0 Å². The van der Waals surface area contributed by atoms with Crippen molar-refractivity contribution >= 4 is 34.8 Å². The lowest BCUT2D eigenvalue weighted by molar-refractivity contribution is 0.102. The molecular formula is C27H36Cl2N4O. The lowest BCUT2D eigenvalue weighted by atomic mass is 10.0. The van der Waals surface area contributed by atoms with Gasteiger partial charge in [-0.15, -0.1) is 12.3 Å². The van der Waals surface area contributed by atoms with Crippen LogP contribution in [0, 0.1) is 12.3 Å². The first-order chi connectivity index (χ1) is 16.6. The zero-order chi connectivity index (χ0) is 24.2. The number of hydrogen-bond acceptors (Lipinski definition) is 3. The molecule has 34 heavy (non-hydrogen) atoms. The fourth-order valence-corrected chi connectivity index (χ4v) is 5.11. The second kappa shape index (κ2) is 14.4. The van der Waals surface area contributed by atoms with Crippen molar-refractivity contribution in [1.29, 1.82) is 0 Å². The third kappa shape index (κ3) is 8.34. The van der Waals surface area contributed by atoms with Crippen LogP contribution in [-0.4, -0.2) is 40.2 Å². The predicted molar refractivity (Wildman–Crippen MR) is 142 cm³/mol. The van der Waals surface area contributed by atoms with Gasteiger partial charge in [0, 0.05) is 25.7 Å². The van der Waals surface area contributed by atoms with Gasteiger partial charge in [-0.05, 0) is 44.4 Å². The van der Waals surface area contributed by atoms with E-state index in [1.54, 1.807) is 24.4 Å². The summed E-state index contributed by atoms with van der Waals surface area (Å²) in [4.78, 5) is 15.2. The highest BCUT2D eigenvalue weighted by molar-refractivity contribution is 6.40. The maximum absolute atomic E-state index is 12.6. The lowest BCUT2D eigenvalue weighted by Gasteiger charge is -2.32. The van der Waals surface area contributed by atoms with E-state index in [-0.39, 0.29) is 11.5 Å². The normalized spacial score (nSPS) is 14.7. The van der Waals surface area contributed by atoms with E-state index in [2.05, 4.69) is 21.2 Å². The number of carbonyl (C=O) groups is 1. The Labute approximate surface area is 214 Å². The van der Waals surface area contributed by atoms with E-state index >= 15 is 0 Å². The number of amides is 1. The molecule has 1 N–H and O–H groups in total. The Bertz CT molecular complexity index is 924. The number of benzene rings is 1. The largest absolute Gasteiger partial charge is 0.319 e. The molecule has 0 atom stereocenters. The summed E-state index contributed by atoms with van der Waals surface area (Å²) < 4.78 is 1.98. The minimum Gasteiger partial charge on any atom is -0.319 e. The molecule has 1 fully saturated rings. The molecule has 7 heteroatoms. The summed E-state index contributed by atoms with van der Waals surface area (Å²) in [6.07, 6.45) is 22.3. The SMILES string of the molecule is C#CCCCCCCCCCCN1CCC(n2cc(NC(=O)c3c(Cl)cccc3Cl)cn2)CC1. The summed E-state index contributed by atoms with van der Waals surface area (Å²) in [5.41, 5.74) is 0.936. The molecule has 5 nitrogen and oxygen atoms in total. The molecule has 1 saturated heterocycles. The van der Waals surface area contributed by atoms with E-state index in [4.69, 9.17) is 29.6 Å². The highest BCUT2D eigenvalue weighted by Gasteiger charge is 2.21. The summed E-state index contributed by atoms with van der Waals surface area (Å²) in [7, 11) is 0. The molecule has 184 valence electrons. The van der Waals surface area contributed by atoms with Crippen LogP contribution in [0.2, 0.25) is 10.0 Å². The molecular weight excluding hydrogens is 467 g/mol. The number of piperidine rings is 1. The number of nitrogens with zero attached hydrogens (tertiary/aromatic N) is 3. The van der Waals surface area contributed by atoms with Crippen molar-refractivity contribution in [3.05, 3.63) is 46.2 Å². The fourth-order valence-electron chi connectivity index (χ4n) is 4.54. The Kier molecular flexibility index (Phi) is 11.3. The summed E-state index contributed by atoms with van der Waals surface area (Å²) in [5.74, 6) is 2.39. The van der Waals surface area contributed by atoms with Gasteiger partial charge < -0.3 is 10.2 Å². The summed E-state index contributed by atoms with van der Waals surface area (Å²) in [6.45, 7) is 3.38. The van der Waals surface area contributed by atoms with Crippen LogP contribution in [0.1, 0.15) is 87.0 Å². The summed E-state index contributed by atoms with van der Waals surface area (Å²) in [6, 6.07) is 5.39. The fraction of sp³-hybridized carbons (Fsp3) is 0.556. The quantitative estimate of drug-likeness (QED) is 0.232. The van der Waals surface area contributed by atoms with Gasteiger partial charge in [0.25, 0.3) is 5.91 Å². The highest BCUT2D eigenvalue weighted by Crippen LogP contribution is 2.27. The third-order valence-electron chi connectivity index (χ3n) is 6.53. The van der Waals surface area contributed by atoms with Gasteiger partial charge in [-0.1, -0.05) is 67.8 Å². The number of rotatable bonds is 13. The molecule has 2 aromatic rings. The van der Waals surface area contributed by atoms with E-state index in [1.807, 2.05) is 10.9 Å². The van der Waals surface area contributed by atoms with Gasteiger partial charge in [0.1, 0.15) is 0 Å². The second-order valence-electron chi connectivity index (χ2n) is 9.12. The van der Waals surface area contributed by atoms with Crippen molar-refractivity contribution in [2.75, 3.05) is 25.0 Å². The number of nitrogens with one attached hydrogen (secondary N) is 1. The molecule has 3 rings (SSSR count). The number of hydrogen-bond donors (Lipinski definition) is 1. The average molecular weight is 504 g/mol. The van der Waals surface area contributed by atoms with Crippen molar-refractivity contribution in [1.82, 2.24) is 14.7 Å². The molecule has 1 aromatic heterocycles. The number of terminal acetylenes is 1. The zero-order valence-electron chi connectivity index (χ0n) is 19.9. The summed E-state index contributed by atoms with van der Waals surface area (Å²) >= 11 is 12.3. The van der Waals surface area contributed by atoms with Gasteiger partial charge in [0.2, 0.25) is 0 Å². The van der Waals surface area contributed by atoms with Crippen LogP contribution < -0.4 is 5.32 Å². The number of unbranched alkanes of at least 4 members (excludes halogenated alkanes) is 8. The highest BCUT2D eigenvalue weighted by atomic mass is 35.5. The van der Waals surface area contributed by atoms with E-state index in [1.165, 1.54) is 57.9 Å². The van der Waals surface area contributed by atoms with Crippen LogP contribution >= 0.6 is 23.2 Å². The molecule has 1 aliphatic heterocycles. The number of halogens is 2. The van der Waals surface area contributed by atoms with Gasteiger partial charge in [-0.3, -0.25) is 9.48 Å². The van der Waals surface area contributed by atoms with Crippen LogP contribution in [0.5, 0.6) is 0 Å². The van der Waals surface area contributed by atoms with Gasteiger partial charge in [0.05, 0.1) is 33.5 Å². The zero-order valence-corrected chi connectivity index (χ0v) is 21.5. The van der Waals surface area contributed by atoms with E-state index in [9.17, 15) is 4.79 Å². The number of likely N-dealkylation sites (tertiary alicyclic amines) is 1. The summed E-state index contributed by atoms with van der Waals surface area (Å²) in [5, 5.41) is 8.02. The molecule has 0 saturated carbocycles. The Morgan fingerprint density at radius 3 is 2.29 bits per heavy atom. The van der Waals surface area contributed by atoms with Crippen LogP contribution in [0.4, 0.5) is 5.69 Å². The molecule has 2 heterocycles. The van der Waals surface area contributed by atoms with Crippen LogP contribution in [0.15, 0.2) is 30.6 Å². The molecule has 0 unspecified atom stereocenters. The Balaban J connectivity index is 1.32. The maximum Gasteiger partial charge on any atom is 0.258 e. The lowest BCUT2D eigenvalue weighted by Crippen LogP contribution is -2.35. The van der Waals surface area contributed by atoms with Gasteiger partial charge >= 0.3 is 0 Å². The number of carbonyl (C=O) groups excluding carboxylic acids is 1. The van der Waals surface area contributed by atoms with Gasteiger partial charge in [-0.25, -0.2) is 0 Å². The maximum atomic E-state index is 12.6. The number of aromatic nitrogens is 2. The monoisotopic (exact) mass is 502 g/mol. The van der Waals surface area contributed by atoms with Crippen molar-refractivity contribution in [2.45, 2.75) is 76.7 Å². The first kappa shape index (κ1) is 26.6. The third-order valence-corrected chi connectivity index (χ3v) is 7.16. The Morgan fingerprint density at radius 1 is 1.03 bits per heavy atom. The molecule has 0 aliphatic carbocycles. The second-order valence-corrected chi connectivity index (χ2v) is 9.93. The Hall–Kier alpha value is -2.00. The Morgan fingerprint density at radius 2 is 1.65 bits per heavy atom. The van der Waals surface area contributed by atoms with Gasteiger partial charge in [0.15, 0.2) is 0 Å². The molecule has 0 bridgehead atoms. The molecule has 1 amide bonds. The molecule has 0 radical (unpaired) electrons. The van der Waals surface area contributed by atoms with Crippen LogP contribution in [-0.2, 0) is 0 Å². The van der Waals surface area contributed by atoms with Gasteiger partial charge in [-0.2, -0.15) is 5.10 Å². The van der Waals surface area contributed by atoms with Crippen molar-refractivity contribution in [3.8, 4) is 12.3 Å². The molecule has 0 spiro atoms. The minimum absolute atomic E-state index is 0.284. The molecule has 1 aromatic carbocycles. The smallest absolute Gasteiger partial charge is 0.258 e. The number of anilines is 1. The average Bonchev–Trinajstić information content (AvgIpc) is 3.29. The first-order valence-electron chi connectivity index (χ1n) is 12.5. The van der Waals surface area contributed by atoms with Crippen molar-refractivity contribution in [2.24, 2.45) is 0 Å². The topological polar surface area (TPSA) is 50.2 Å². The van der Waals surface area contributed by atoms with Crippen LogP contribution in [0.3, 0.4) is 0 Å². The van der Waals surface area contributed by atoms with E-state index in [0.29, 0.717) is 21.8 Å².